The number of aryl methyl sites for hydroxylation is 3. The zero-order valence-corrected chi connectivity index (χ0v) is 15.9. The molecule has 1 aromatic carbocycles. The molecule has 1 N–H and O–H groups in total. The molecular formula is C21H25NO2S. The lowest BCUT2D eigenvalue weighted by Gasteiger charge is -2.33. The number of hydrogen-bond acceptors (Lipinski definition) is 4. The van der Waals surface area contributed by atoms with E-state index in [1.54, 1.807) is 11.3 Å². The van der Waals surface area contributed by atoms with Crippen molar-refractivity contribution in [2.24, 2.45) is 0 Å². The molecule has 2 heterocycles. The van der Waals surface area contributed by atoms with Gasteiger partial charge in [0.25, 0.3) is 0 Å². The van der Waals surface area contributed by atoms with Gasteiger partial charge in [-0.25, -0.2) is 0 Å². The van der Waals surface area contributed by atoms with Gasteiger partial charge in [0.05, 0.1) is 6.54 Å². The molecule has 25 heavy (non-hydrogen) atoms. The smallest absolute Gasteiger partial charge is 0.130 e. The summed E-state index contributed by atoms with van der Waals surface area (Å²) in [5.74, 6) is 1.03. The molecule has 0 aliphatic carbocycles. The molecule has 1 aromatic heterocycles. The summed E-state index contributed by atoms with van der Waals surface area (Å²) in [6.45, 7) is 14.5. The summed E-state index contributed by atoms with van der Waals surface area (Å²) >= 11 is 1.80. The van der Waals surface area contributed by atoms with Crippen LogP contribution in [0.15, 0.2) is 48.9 Å². The molecule has 1 unspecified atom stereocenters. The topological polar surface area (TPSA) is 32.7 Å². The van der Waals surface area contributed by atoms with E-state index >= 15 is 0 Å². The number of anilines is 1. The van der Waals surface area contributed by atoms with Crippen LogP contribution in [0, 0.1) is 13.8 Å². The molecule has 0 bridgehead atoms. The highest BCUT2D eigenvalue weighted by Gasteiger charge is 2.22. The SMILES string of the molecule is C=C(O)CN1C(=C)CCc2cc(OC(C)c3sc(C)cc3C)ccc21. The van der Waals surface area contributed by atoms with E-state index in [2.05, 4.69) is 52.1 Å². The van der Waals surface area contributed by atoms with Crippen molar-refractivity contribution < 1.29 is 9.84 Å². The Labute approximate surface area is 153 Å². The van der Waals surface area contributed by atoms with E-state index in [4.69, 9.17) is 4.74 Å². The van der Waals surface area contributed by atoms with Crippen molar-refractivity contribution >= 4 is 17.0 Å². The summed E-state index contributed by atoms with van der Waals surface area (Å²) in [6.07, 6.45) is 1.84. The van der Waals surface area contributed by atoms with E-state index < -0.39 is 0 Å². The Bertz CT molecular complexity index is 821. The van der Waals surface area contributed by atoms with E-state index in [1.807, 2.05) is 11.0 Å². The average Bonchev–Trinajstić information content (AvgIpc) is 2.88. The Morgan fingerprint density at radius 1 is 1.32 bits per heavy atom. The van der Waals surface area contributed by atoms with Crippen LogP contribution >= 0.6 is 11.3 Å². The van der Waals surface area contributed by atoms with E-state index in [1.165, 1.54) is 20.9 Å². The zero-order chi connectivity index (χ0) is 18.1. The van der Waals surface area contributed by atoms with Crippen molar-refractivity contribution in [2.45, 2.75) is 39.7 Å². The second kappa shape index (κ2) is 6.96. The summed E-state index contributed by atoms with van der Waals surface area (Å²) in [7, 11) is 0. The number of fused-ring (bicyclic) bond motifs is 1. The Kier molecular flexibility index (Phi) is 4.91. The van der Waals surface area contributed by atoms with Gasteiger partial charge in [-0.1, -0.05) is 13.2 Å². The van der Waals surface area contributed by atoms with Crippen LogP contribution < -0.4 is 9.64 Å². The number of thiophene rings is 1. The molecule has 3 nitrogen and oxygen atoms in total. The summed E-state index contributed by atoms with van der Waals surface area (Å²) in [5, 5.41) is 9.57. The van der Waals surface area contributed by atoms with Gasteiger partial charge in [-0.3, -0.25) is 0 Å². The highest BCUT2D eigenvalue weighted by Crippen LogP contribution is 2.37. The molecule has 1 aliphatic rings. The molecular weight excluding hydrogens is 330 g/mol. The Morgan fingerprint density at radius 3 is 2.72 bits per heavy atom. The maximum atomic E-state index is 9.57. The van der Waals surface area contributed by atoms with Gasteiger partial charge in [0.1, 0.15) is 17.6 Å². The number of aliphatic hydroxyl groups is 1. The summed E-state index contributed by atoms with van der Waals surface area (Å²) in [6, 6.07) is 8.37. The van der Waals surface area contributed by atoms with Gasteiger partial charge >= 0.3 is 0 Å². The molecule has 0 spiro atoms. The zero-order valence-electron chi connectivity index (χ0n) is 15.1. The van der Waals surface area contributed by atoms with Crippen molar-refractivity contribution in [2.75, 3.05) is 11.4 Å². The third-order valence-corrected chi connectivity index (χ3v) is 5.82. The van der Waals surface area contributed by atoms with Gasteiger partial charge < -0.3 is 14.7 Å². The molecule has 0 saturated heterocycles. The van der Waals surface area contributed by atoms with Crippen molar-refractivity contribution in [3.05, 3.63) is 69.8 Å². The largest absolute Gasteiger partial charge is 0.511 e. The first-order valence-corrected chi connectivity index (χ1v) is 9.35. The van der Waals surface area contributed by atoms with Crippen LogP contribution in [0.1, 0.15) is 40.3 Å². The Hall–Kier alpha value is -2.20. The summed E-state index contributed by atoms with van der Waals surface area (Å²) in [5.41, 5.74) is 4.60. The van der Waals surface area contributed by atoms with E-state index in [0.717, 1.165) is 30.0 Å². The number of rotatable bonds is 5. The van der Waals surface area contributed by atoms with E-state index in [-0.39, 0.29) is 11.9 Å². The van der Waals surface area contributed by atoms with Gasteiger partial charge in [-0.15, -0.1) is 11.3 Å². The van der Waals surface area contributed by atoms with Crippen molar-refractivity contribution in [1.29, 1.82) is 0 Å². The molecule has 0 fully saturated rings. The molecule has 4 heteroatoms. The number of benzene rings is 1. The first-order valence-electron chi connectivity index (χ1n) is 8.53. The normalized spacial score (nSPS) is 15.0. The number of aliphatic hydroxyl groups excluding tert-OH is 1. The predicted octanol–water partition coefficient (Wildman–Crippen LogP) is 5.84. The van der Waals surface area contributed by atoms with E-state index in [0.29, 0.717) is 6.54 Å². The van der Waals surface area contributed by atoms with E-state index in [9.17, 15) is 5.11 Å². The van der Waals surface area contributed by atoms with Crippen LogP contribution in [0.25, 0.3) is 0 Å². The van der Waals surface area contributed by atoms with Crippen molar-refractivity contribution in [3.63, 3.8) is 0 Å². The first kappa shape index (κ1) is 17.6. The molecule has 0 amide bonds. The minimum atomic E-state index is 0.0311. The lowest BCUT2D eigenvalue weighted by Crippen LogP contribution is -2.28. The predicted molar refractivity (Wildman–Crippen MR) is 106 cm³/mol. The number of allylic oxidation sites excluding steroid dienone is 1. The lowest BCUT2D eigenvalue weighted by atomic mass is 9.99. The fourth-order valence-electron chi connectivity index (χ4n) is 3.38. The molecule has 132 valence electrons. The van der Waals surface area contributed by atoms with Gasteiger partial charge in [0.15, 0.2) is 0 Å². The van der Waals surface area contributed by atoms with Gasteiger partial charge in [-0.05, 0) is 69.0 Å². The molecule has 0 saturated carbocycles. The highest BCUT2D eigenvalue weighted by atomic mass is 32.1. The van der Waals surface area contributed by atoms with Crippen molar-refractivity contribution in [1.82, 2.24) is 0 Å². The Morgan fingerprint density at radius 2 is 2.08 bits per heavy atom. The van der Waals surface area contributed by atoms with Crippen LogP contribution in [0.2, 0.25) is 0 Å². The quantitative estimate of drug-likeness (QED) is 0.684. The minimum absolute atomic E-state index is 0.0311. The molecule has 1 atom stereocenters. The molecule has 2 aromatic rings. The van der Waals surface area contributed by atoms with Crippen molar-refractivity contribution in [3.8, 4) is 5.75 Å². The molecule has 1 aliphatic heterocycles. The lowest BCUT2D eigenvalue weighted by molar-refractivity contribution is 0.230. The van der Waals surface area contributed by atoms with Gasteiger partial charge in [-0.2, -0.15) is 0 Å². The summed E-state index contributed by atoms with van der Waals surface area (Å²) in [4.78, 5) is 4.62. The van der Waals surface area contributed by atoms with Crippen LogP contribution in [0.3, 0.4) is 0 Å². The van der Waals surface area contributed by atoms with Gasteiger partial charge in [0.2, 0.25) is 0 Å². The van der Waals surface area contributed by atoms with Crippen LogP contribution in [-0.2, 0) is 6.42 Å². The maximum absolute atomic E-state index is 9.57. The minimum Gasteiger partial charge on any atom is -0.511 e. The number of ether oxygens (including phenoxy) is 1. The number of hydrogen-bond donors (Lipinski definition) is 1. The second-order valence-electron chi connectivity index (χ2n) is 6.67. The Balaban J connectivity index is 1.82. The third-order valence-electron chi connectivity index (χ3n) is 4.51. The highest BCUT2D eigenvalue weighted by molar-refractivity contribution is 7.12. The summed E-state index contributed by atoms with van der Waals surface area (Å²) < 4.78 is 6.21. The molecule has 3 rings (SSSR count). The average molecular weight is 356 g/mol. The van der Waals surface area contributed by atoms with Crippen LogP contribution in [-0.4, -0.2) is 11.7 Å². The first-order chi connectivity index (χ1) is 11.8. The fourth-order valence-corrected chi connectivity index (χ4v) is 4.40. The van der Waals surface area contributed by atoms with Crippen LogP contribution in [0.5, 0.6) is 5.75 Å². The standard InChI is InChI=1S/C21H25NO2S/c1-13-10-16(4)25-21(13)17(5)24-19-8-9-20-18(11-19)7-6-14(2)22(20)12-15(3)23/h8-11,17,23H,2-3,6-7,12H2,1,4-5H3. The number of nitrogens with zero attached hydrogens (tertiary/aromatic N) is 1. The molecule has 0 radical (unpaired) electrons. The van der Waals surface area contributed by atoms with Gasteiger partial charge in [0, 0.05) is 21.1 Å². The second-order valence-corrected chi connectivity index (χ2v) is 7.96. The third kappa shape index (κ3) is 3.74. The monoisotopic (exact) mass is 355 g/mol. The van der Waals surface area contributed by atoms with Crippen LogP contribution in [0.4, 0.5) is 5.69 Å². The maximum Gasteiger partial charge on any atom is 0.130 e. The fraction of sp³-hybridized carbons (Fsp3) is 0.333.